The van der Waals surface area contributed by atoms with E-state index in [-0.39, 0.29) is 0 Å². The van der Waals surface area contributed by atoms with E-state index in [2.05, 4.69) is 9.97 Å². The van der Waals surface area contributed by atoms with Crippen LogP contribution in [0.15, 0.2) is 6.20 Å². The summed E-state index contributed by atoms with van der Waals surface area (Å²) in [5.41, 5.74) is 6.62. The molecular weight excluding hydrogens is 150 g/mol. The van der Waals surface area contributed by atoms with E-state index < -0.39 is 0 Å². The zero-order chi connectivity index (χ0) is 8.39. The Balaban J connectivity index is 2.02. The fourth-order valence-corrected chi connectivity index (χ4v) is 1.55. The van der Waals surface area contributed by atoms with E-state index >= 15 is 0 Å². The van der Waals surface area contributed by atoms with E-state index in [0.717, 1.165) is 6.42 Å². The fraction of sp³-hybridized carbons (Fsp3) is 0.667. The summed E-state index contributed by atoms with van der Waals surface area (Å²) in [5.74, 6) is 1.88. The molecule has 0 amide bonds. The molecule has 0 bridgehead atoms. The molecule has 0 radical (unpaired) electrons. The Morgan fingerprint density at radius 1 is 1.58 bits per heavy atom. The standard InChI is InChI=1S/C9H15N3/c10-5-4-8-6-11-9(12-8)7-2-1-3-7/h6-7H,1-5,10H2,(H,11,12). The van der Waals surface area contributed by atoms with Crippen LogP contribution < -0.4 is 5.73 Å². The van der Waals surface area contributed by atoms with Crippen molar-refractivity contribution in [1.82, 2.24) is 9.97 Å². The van der Waals surface area contributed by atoms with Crippen LogP contribution in [0.3, 0.4) is 0 Å². The largest absolute Gasteiger partial charge is 0.346 e. The number of nitrogens with zero attached hydrogens (tertiary/aromatic N) is 1. The van der Waals surface area contributed by atoms with Crippen LogP contribution in [0.25, 0.3) is 0 Å². The molecule has 66 valence electrons. The molecule has 0 saturated heterocycles. The van der Waals surface area contributed by atoms with E-state index in [0.29, 0.717) is 12.5 Å². The Hall–Kier alpha value is -0.830. The van der Waals surface area contributed by atoms with Crippen molar-refractivity contribution in [3.63, 3.8) is 0 Å². The highest BCUT2D eigenvalue weighted by atomic mass is 14.9. The third-order valence-corrected chi connectivity index (χ3v) is 2.55. The zero-order valence-electron chi connectivity index (χ0n) is 7.21. The highest BCUT2D eigenvalue weighted by Gasteiger charge is 2.21. The number of imidazole rings is 1. The summed E-state index contributed by atoms with van der Waals surface area (Å²) in [6.07, 6.45) is 6.79. The van der Waals surface area contributed by atoms with Gasteiger partial charge in [0.25, 0.3) is 0 Å². The lowest BCUT2D eigenvalue weighted by atomic mass is 9.85. The summed E-state index contributed by atoms with van der Waals surface area (Å²) in [6, 6.07) is 0. The van der Waals surface area contributed by atoms with Crippen molar-refractivity contribution < 1.29 is 0 Å². The van der Waals surface area contributed by atoms with Gasteiger partial charge in [0.15, 0.2) is 0 Å². The Morgan fingerprint density at radius 2 is 2.42 bits per heavy atom. The first kappa shape index (κ1) is 7.80. The molecule has 1 fully saturated rings. The van der Waals surface area contributed by atoms with Crippen molar-refractivity contribution in [2.24, 2.45) is 5.73 Å². The Morgan fingerprint density at radius 3 is 3.00 bits per heavy atom. The molecule has 1 aromatic heterocycles. The zero-order valence-corrected chi connectivity index (χ0v) is 7.21. The van der Waals surface area contributed by atoms with E-state index in [9.17, 15) is 0 Å². The van der Waals surface area contributed by atoms with Crippen molar-refractivity contribution in [3.05, 3.63) is 17.7 Å². The van der Waals surface area contributed by atoms with Gasteiger partial charge in [-0.15, -0.1) is 0 Å². The minimum absolute atomic E-state index is 0.701. The summed E-state index contributed by atoms with van der Waals surface area (Å²) < 4.78 is 0. The molecule has 1 aromatic rings. The van der Waals surface area contributed by atoms with Crippen LogP contribution in [0.1, 0.15) is 36.7 Å². The van der Waals surface area contributed by atoms with Crippen LogP contribution in [0.4, 0.5) is 0 Å². The van der Waals surface area contributed by atoms with Crippen LogP contribution >= 0.6 is 0 Å². The Kier molecular flexibility index (Phi) is 2.13. The molecule has 0 spiro atoms. The van der Waals surface area contributed by atoms with Gasteiger partial charge >= 0.3 is 0 Å². The average Bonchev–Trinajstić information content (AvgIpc) is 2.34. The lowest BCUT2D eigenvalue weighted by Gasteiger charge is -2.22. The number of hydrogen-bond acceptors (Lipinski definition) is 2. The molecule has 1 aliphatic carbocycles. The summed E-state index contributed by atoms with van der Waals surface area (Å²) in [7, 11) is 0. The summed E-state index contributed by atoms with van der Waals surface area (Å²) in [6.45, 7) is 0.701. The van der Waals surface area contributed by atoms with E-state index in [1.54, 1.807) is 0 Å². The van der Waals surface area contributed by atoms with Crippen molar-refractivity contribution in [1.29, 1.82) is 0 Å². The summed E-state index contributed by atoms with van der Waals surface area (Å²) in [5, 5.41) is 0. The van der Waals surface area contributed by atoms with Gasteiger partial charge in [0.2, 0.25) is 0 Å². The lowest BCUT2D eigenvalue weighted by molar-refractivity contribution is 0.403. The molecule has 0 atom stereocenters. The second-order valence-corrected chi connectivity index (χ2v) is 3.46. The molecule has 0 unspecified atom stereocenters. The molecule has 1 saturated carbocycles. The summed E-state index contributed by atoms with van der Waals surface area (Å²) >= 11 is 0. The lowest BCUT2D eigenvalue weighted by Crippen LogP contribution is -2.10. The van der Waals surface area contributed by atoms with Gasteiger partial charge in [-0.2, -0.15) is 0 Å². The van der Waals surface area contributed by atoms with E-state index in [1.807, 2.05) is 6.20 Å². The first-order chi connectivity index (χ1) is 5.90. The van der Waals surface area contributed by atoms with Crippen LogP contribution in [-0.2, 0) is 6.42 Å². The maximum atomic E-state index is 5.44. The minimum atomic E-state index is 0.701. The van der Waals surface area contributed by atoms with Gasteiger partial charge in [-0.3, -0.25) is 0 Å². The molecule has 1 heterocycles. The molecule has 0 aromatic carbocycles. The smallest absolute Gasteiger partial charge is 0.109 e. The maximum Gasteiger partial charge on any atom is 0.109 e. The number of aromatic amines is 1. The predicted molar refractivity (Wildman–Crippen MR) is 47.9 cm³/mol. The first-order valence-electron chi connectivity index (χ1n) is 4.64. The molecule has 3 nitrogen and oxygen atoms in total. The normalized spacial score (nSPS) is 17.8. The van der Waals surface area contributed by atoms with Crippen molar-refractivity contribution >= 4 is 0 Å². The number of H-pyrrole nitrogens is 1. The van der Waals surface area contributed by atoms with Crippen molar-refractivity contribution in [3.8, 4) is 0 Å². The SMILES string of the molecule is NCCc1cnc(C2CCC2)[nH]1. The quantitative estimate of drug-likeness (QED) is 0.706. The maximum absolute atomic E-state index is 5.44. The molecule has 12 heavy (non-hydrogen) atoms. The number of hydrogen-bond donors (Lipinski definition) is 2. The molecule has 0 aliphatic heterocycles. The Bertz CT molecular complexity index is 250. The van der Waals surface area contributed by atoms with E-state index in [4.69, 9.17) is 5.73 Å². The molecular formula is C9H15N3. The highest BCUT2D eigenvalue weighted by Crippen LogP contribution is 2.34. The van der Waals surface area contributed by atoms with Gasteiger partial charge in [0, 0.05) is 24.2 Å². The molecule has 3 heteroatoms. The molecule has 2 rings (SSSR count). The van der Waals surface area contributed by atoms with Crippen molar-refractivity contribution in [2.75, 3.05) is 6.54 Å². The van der Waals surface area contributed by atoms with Gasteiger partial charge in [-0.05, 0) is 19.4 Å². The minimum Gasteiger partial charge on any atom is -0.346 e. The number of nitrogens with one attached hydrogen (secondary N) is 1. The van der Waals surface area contributed by atoms with Crippen LogP contribution in [0, 0.1) is 0 Å². The number of nitrogens with two attached hydrogens (primary N) is 1. The van der Waals surface area contributed by atoms with E-state index in [1.165, 1.54) is 30.8 Å². The van der Waals surface area contributed by atoms with Crippen molar-refractivity contribution in [2.45, 2.75) is 31.6 Å². The second kappa shape index (κ2) is 3.27. The fourth-order valence-electron chi connectivity index (χ4n) is 1.55. The van der Waals surface area contributed by atoms with Gasteiger partial charge in [-0.25, -0.2) is 4.98 Å². The van der Waals surface area contributed by atoms with Gasteiger partial charge < -0.3 is 10.7 Å². The van der Waals surface area contributed by atoms with Gasteiger partial charge in [0.1, 0.15) is 5.82 Å². The molecule has 1 aliphatic rings. The second-order valence-electron chi connectivity index (χ2n) is 3.46. The van der Waals surface area contributed by atoms with Crippen LogP contribution in [0.5, 0.6) is 0 Å². The summed E-state index contributed by atoms with van der Waals surface area (Å²) in [4.78, 5) is 7.67. The average molecular weight is 165 g/mol. The van der Waals surface area contributed by atoms with Crippen LogP contribution in [-0.4, -0.2) is 16.5 Å². The topological polar surface area (TPSA) is 54.7 Å². The highest BCUT2D eigenvalue weighted by molar-refractivity contribution is 5.08. The first-order valence-corrected chi connectivity index (χ1v) is 4.64. The third-order valence-electron chi connectivity index (χ3n) is 2.55. The number of rotatable bonds is 3. The van der Waals surface area contributed by atoms with Crippen LogP contribution in [0.2, 0.25) is 0 Å². The van der Waals surface area contributed by atoms with Gasteiger partial charge in [0.05, 0.1) is 0 Å². The monoisotopic (exact) mass is 165 g/mol. The third kappa shape index (κ3) is 1.37. The number of aromatic nitrogens is 2. The molecule has 3 N–H and O–H groups in total. The van der Waals surface area contributed by atoms with Gasteiger partial charge in [-0.1, -0.05) is 6.42 Å². The Labute approximate surface area is 72.4 Å². The predicted octanol–water partition coefficient (Wildman–Crippen LogP) is 1.18.